The molecule has 0 unspecified atom stereocenters. The molecule has 37 heavy (non-hydrogen) atoms. The van der Waals surface area contributed by atoms with Crippen LogP contribution >= 0.6 is 0 Å². The summed E-state index contributed by atoms with van der Waals surface area (Å²) in [5.41, 5.74) is 7.51. The van der Waals surface area contributed by atoms with Crippen LogP contribution < -0.4 is 9.80 Å². The Balaban J connectivity index is 2.14. The molecule has 3 nitrogen and oxygen atoms in total. The highest BCUT2D eigenvalue weighted by Crippen LogP contribution is 2.40. The first-order chi connectivity index (χ1) is 18.0. The summed E-state index contributed by atoms with van der Waals surface area (Å²) in [5, 5.41) is 2.53. The van der Waals surface area contributed by atoms with Gasteiger partial charge in [0.05, 0.1) is 11.4 Å². The summed E-state index contributed by atoms with van der Waals surface area (Å²) in [4.78, 5) is 5.41. The molecule has 0 saturated heterocycles. The van der Waals surface area contributed by atoms with Crippen molar-refractivity contribution in [3.05, 3.63) is 35.4 Å². The lowest BCUT2D eigenvalue weighted by Crippen LogP contribution is -2.31. The van der Waals surface area contributed by atoms with Crippen molar-refractivity contribution in [2.45, 2.75) is 119 Å². The zero-order chi connectivity index (χ0) is 26.6. The van der Waals surface area contributed by atoms with E-state index in [4.69, 9.17) is 4.42 Å². The van der Waals surface area contributed by atoms with Gasteiger partial charge in [-0.05, 0) is 68.9 Å². The minimum atomic E-state index is 1.02. The Morgan fingerprint density at radius 3 is 1.32 bits per heavy atom. The van der Waals surface area contributed by atoms with Crippen molar-refractivity contribution in [3.8, 4) is 0 Å². The Morgan fingerprint density at radius 1 is 0.486 bits per heavy atom. The molecule has 0 atom stereocenters. The van der Waals surface area contributed by atoms with Gasteiger partial charge in [-0.15, -0.1) is 0 Å². The van der Waals surface area contributed by atoms with Crippen LogP contribution in [0.2, 0.25) is 0 Å². The number of anilines is 2. The van der Waals surface area contributed by atoms with Crippen molar-refractivity contribution < 1.29 is 4.42 Å². The SMILES string of the molecule is CCCCCN(CCCCC)c1cc2oc3cc(C)c(C)cc3c2cc1N(CCCCC)CCCCC. The predicted octanol–water partition coefficient (Wildman–Crippen LogP) is 10.6. The lowest BCUT2D eigenvalue weighted by Gasteiger charge is -2.33. The Hall–Kier alpha value is -2.16. The number of benzene rings is 2. The molecule has 3 rings (SSSR count). The maximum atomic E-state index is 6.52. The molecule has 2 aromatic carbocycles. The molecule has 206 valence electrons. The van der Waals surface area contributed by atoms with Crippen molar-refractivity contribution in [1.29, 1.82) is 0 Å². The molecular formula is C34H54N2O. The molecule has 0 spiro atoms. The number of furan rings is 1. The highest BCUT2D eigenvalue weighted by Gasteiger charge is 2.20. The average Bonchev–Trinajstić information content (AvgIpc) is 3.23. The Morgan fingerprint density at radius 2 is 0.865 bits per heavy atom. The van der Waals surface area contributed by atoms with Crippen LogP contribution in [0.15, 0.2) is 28.7 Å². The molecule has 1 heterocycles. The van der Waals surface area contributed by atoms with Crippen LogP contribution in [0.25, 0.3) is 21.9 Å². The topological polar surface area (TPSA) is 19.6 Å². The third-order valence-corrected chi connectivity index (χ3v) is 7.99. The van der Waals surface area contributed by atoms with Gasteiger partial charge in [0.1, 0.15) is 11.2 Å². The molecule has 0 aliphatic heterocycles. The van der Waals surface area contributed by atoms with Gasteiger partial charge in [-0.3, -0.25) is 0 Å². The lowest BCUT2D eigenvalue weighted by atomic mass is 10.0. The van der Waals surface area contributed by atoms with Gasteiger partial charge in [0, 0.05) is 43.0 Å². The van der Waals surface area contributed by atoms with E-state index in [1.807, 2.05) is 0 Å². The van der Waals surface area contributed by atoms with Gasteiger partial charge >= 0.3 is 0 Å². The van der Waals surface area contributed by atoms with Crippen molar-refractivity contribution in [2.75, 3.05) is 36.0 Å². The zero-order valence-electron chi connectivity index (χ0n) is 24.9. The van der Waals surface area contributed by atoms with Crippen LogP contribution in [-0.4, -0.2) is 26.2 Å². The molecule has 1 aromatic heterocycles. The summed E-state index contributed by atoms with van der Waals surface area (Å²) >= 11 is 0. The monoisotopic (exact) mass is 506 g/mol. The second-order valence-corrected chi connectivity index (χ2v) is 11.2. The first-order valence-electron chi connectivity index (χ1n) is 15.5. The molecule has 0 bridgehead atoms. The number of hydrogen-bond acceptors (Lipinski definition) is 3. The van der Waals surface area contributed by atoms with Crippen LogP contribution in [0.4, 0.5) is 11.4 Å². The third kappa shape index (κ3) is 7.91. The molecule has 0 aliphatic carbocycles. The second kappa shape index (κ2) is 15.3. The number of rotatable bonds is 18. The van der Waals surface area contributed by atoms with Gasteiger partial charge in [-0.1, -0.05) is 79.1 Å². The number of aryl methyl sites for hydroxylation is 2. The fraction of sp³-hybridized carbons (Fsp3) is 0.647. The van der Waals surface area contributed by atoms with E-state index in [1.165, 1.54) is 110 Å². The first-order valence-corrected chi connectivity index (χ1v) is 15.5. The Labute approximate surface area is 227 Å². The highest BCUT2D eigenvalue weighted by atomic mass is 16.3. The molecule has 0 saturated carbocycles. The molecule has 3 heteroatoms. The molecule has 0 aliphatic rings. The molecule has 0 N–H and O–H groups in total. The zero-order valence-corrected chi connectivity index (χ0v) is 24.9. The summed E-state index contributed by atoms with van der Waals surface area (Å²) in [7, 11) is 0. The van der Waals surface area contributed by atoms with E-state index in [0.29, 0.717) is 0 Å². The van der Waals surface area contributed by atoms with E-state index in [9.17, 15) is 0 Å². The van der Waals surface area contributed by atoms with Gasteiger partial charge in [-0.2, -0.15) is 0 Å². The van der Waals surface area contributed by atoms with E-state index < -0.39 is 0 Å². The minimum absolute atomic E-state index is 1.02. The van der Waals surface area contributed by atoms with E-state index in [0.717, 1.165) is 37.3 Å². The van der Waals surface area contributed by atoms with Crippen LogP contribution in [0.3, 0.4) is 0 Å². The summed E-state index contributed by atoms with van der Waals surface area (Å²) < 4.78 is 6.52. The summed E-state index contributed by atoms with van der Waals surface area (Å²) in [6, 6.07) is 9.43. The normalized spacial score (nSPS) is 11.6. The largest absolute Gasteiger partial charge is 0.456 e. The maximum absolute atomic E-state index is 6.52. The highest BCUT2D eigenvalue weighted by molar-refractivity contribution is 6.08. The van der Waals surface area contributed by atoms with Crippen molar-refractivity contribution in [1.82, 2.24) is 0 Å². The fourth-order valence-electron chi connectivity index (χ4n) is 5.48. The van der Waals surface area contributed by atoms with Crippen LogP contribution in [0.1, 0.15) is 116 Å². The van der Waals surface area contributed by atoms with Crippen LogP contribution in [-0.2, 0) is 0 Å². The molecule has 0 radical (unpaired) electrons. The van der Waals surface area contributed by atoms with E-state index in [2.05, 4.69) is 75.6 Å². The van der Waals surface area contributed by atoms with Gasteiger partial charge in [0.15, 0.2) is 0 Å². The molecule has 0 fully saturated rings. The number of fused-ring (bicyclic) bond motifs is 3. The summed E-state index contributed by atoms with van der Waals surface area (Å²) in [6.45, 7) is 18.2. The van der Waals surface area contributed by atoms with Gasteiger partial charge < -0.3 is 14.2 Å². The van der Waals surface area contributed by atoms with Crippen LogP contribution in [0, 0.1) is 13.8 Å². The van der Waals surface area contributed by atoms with Crippen molar-refractivity contribution in [2.24, 2.45) is 0 Å². The van der Waals surface area contributed by atoms with E-state index in [-0.39, 0.29) is 0 Å². The first kappa shape index (κ1) is 29.4. The smallest absolute Gasteiger partial charge is 0.137 e. The molecular weight excluding hydrogens is 452 g/mol. The van der Waals surface area contributed by atoms with Gasteiger partial charge in [0.2, 0.25) is 0 Å². The third-order valence-electron chi connectivity index (χ3n) is 7.99. The second-order valence-electron chi connectivity index (χ2n) is 11.2. The molecule has 0 amide bonds. The molecule has 3 aromatic rings. The number of hydrogen-bond donors (Lipinski definition) is 0. The van der Waals surface area contributed by atoms with Gasteiger partial charge in [-0.25, -0.2) is 0 Å². The standard InChI is InChI=1S/C34H54N2O/c1-7-11-15-19-35(20-16-12-8-2)31-25-30-29-23-27(5)28(6)24-33(29)37-34(30)26-32(31)36(21-17-13-9-3)22-18-14-10-4/h23-26H,7-22H2,1-6H3. The number of unbranched alkanes of at least 4 members (excludes halogenated alkanes) is 8. The minimum Gasteiger partial charge on any atom is -0.456 e. The number of nitrogens with zero attached hydrogens (tertiary/aromatic N) is 2. The van der Waals surface area contributed by atoms with Gasteiger partial charge in [0.25, 0.3) is 0 Å². The quantitative estimate of drug-likeness (QED) is 0.160. The van der Waals surface area contributed by atoms with Crippen molar-refractivity contribution >= 4 is 33.3 Å². The summed E-state index contributed by atoms with van der Waals surface area (Å²) in [6.07, 6.45) is 15.3. The predicted molar refractivity (Wildman–Crippen MR) is 166 cm³/mol. The van der Waals surface area contributed by atoms with Crippen LogP contribution in [0.5, 0.6) is 0 Å². The Bertz CT molecular complexity index is 1060. The van der Waals surface area contributed by atoms with E-state index >= 15 is 0 Å². The van der Waals surface area contributed by atoms with Crippen molar-refractivity contribution in [3.63, 3.8) is 0 Å². The lowest BCUT2D eigenvalue weighted by molar-refractivity contribution is 0.623. The summed E-state index contributed by atoms with van der Waals surface area (Å²) in [5.74, 6) is 0. The fourth-order valence-corrected chi connectivity index (χ4v) is 5.48. The Kier molecular flexibility index (Phi) is 12.2. The average molecular weight is 507 g/mol. The van der Waals surface area contributed by atoms with E-state index in [1.54, 1.807) is 0 Å². The maximum Gasteiger partial charge on any atom is 0.137 e.